The zero-order valence-corrected chi connectivity index (χ0v) is 9.64. The summed E-state index contributed by atoms with van der Waals surface area (Å²) < 4.78 is 0. The van der Waals surface area contributed by atoms with Crippen molar-refractivity contribution in [3.63, 3.8) is 0 Å². The second-order valence-corrected chi connectivity index (χ2v) is 6.10. The van der Waals surface area contributed by atoms with Crippen LogP contribution >= 0.6 is 0 Å². The van der Waals surface area contributed by atoms with E-state index in [1.54, 1.807) is 0 Å². The molecule has 2 aliphatic rings. The molecule has 1 N–H and O–H groups in total. The number of fused-ring (bicyclic) bond motifs is 1. The Kier molecular flexibility index (Phi) is 2.26. The van der Waals surface area contributed by atoms with Crippen LogP contribution in [0.5, 0.6) is 0 Å². The highest BCUT2D eigenvalue weighted by Crippen LogP contribution is 2.52. The molecule has 0 heterocycles. The molecule has 1 heteroatoms. The molecule has 1 fully saturated rings. The van der Waals surface area contributed by atoms with Crippen LogP contribution < -0.4 is 0 Å². The van der Waals surface area contributed by atoms with Crippen LogP contribution in [0.1, 0.15) is 52.9 Å². The Morgan fingerprint density at radius 1 is 1.36 bits per heavy atom. The first kappa shape index (κ1) is 10.2. The molecule has 14 heavy (non-hydrogen) atoms. The maximum absolute atomic E-state index is 10.3. The van der Waals surface area contributed by atoms with Crippen molar-refractivity contribution in [2.45, 2.75) is 59.0 Å². The van der Waals surface area contributed by atoms with Gasteiger partial charge >= 0.3 is 0 Å². The van der Waals surface area contributed by atoms with Gasteiger partial charge in [0.05, 0.1) is 6.10 Å². The molecule has 0 radical (unpaired) electrons. The fourth-order valence-electron chi connectivity index (χ4n) is 3.13. The van der Waals surface area contributed by atoms with Crippen molar-refractivity contribution >= 4 is 0 Å². The molecule has 0 saturated heterocycles. The minimum absolute atomic E-state index is 0.105. The Labute approximate surface area is 87.2 Å². The Bertz CT molecular complexity index is 264. The quantitative estimate of drug-likeness (QED) is 0.587. The van der Waals surface area contributed by atoms with Crippen LogP contribution in [0, 0.1) is 10.8 Å². The van der Waals surface area contributed by atoms with E-state index in [0.717, 1.165) is 6.42 Å². The number of hydrogen-bond donors (Lipinski definition) is 1. The van der Waals surface area contributed by atoms with Crippen LogP contribution in [0.25, 0.3) is 0 Å². The topological polar surface area (TPSA) is 20.2 Å². The van der Waals surface area contributed by atoms with Crippen molar-refractivity contribution < 1.29 is 5.11 Å². The van der Waals surface area contributed by atoms with Gasteiger partial charge in [-0.25, -0.2) is 0 Å². The maximum atomic E-state index is 10.3. The molecule has 2 rings (SSSR count). The van der Waals surface area contributed by atoms with Crippen LogP contribution in [0.15, 0.2) is 11.6 Å². The van der Waals surface area contributed by atoms with Gasteiger partial charge in [0.1, 0.15) is 0 Å². The summed E-state index contributed by atoms with van der Waals surface area (Å²) in [6, 6.07) is 0. The third-order valence-electron chi connectivity index (χ3n) is 4.17. The van der Waals surface area contributed by atoms with Crippen molar-refractivity contribution in [1.82, 2.24) is 0 Å². The molecule has 2 atom stereocenters. The number of aliphatic hydroxyl groups excluding tert-OH is 1. The number of allylic oxidation sites excluding steroid dienone is 1. The van der Waals surface area contributed by atoms with E-state index in [-0.39, 0.29) is 11.5 Å². The lowest BCUT2D eigenvalue weighted by Gasteiger charge is -2.49. The predicted octanol–water partition coefficient (Wildman–Crippen LogP) is 3.28. The molecule has 0 bridgehead atoms. The van der Waals surface area contributed by atoms with Crippen molar-refractivity contribution in [2.75, 3.05) is 0 Å². The van der Waals surface area contributed by atoms with Gasteiger partial charge in [-0.15, -0.1) is 0 Å². The number of aliphatic hydroxyl groups is 1. The number of hydrogen-bond acceptors (Lipinski definition) is 1. The SMILES string of the molecule is CC1(C)CC2=CCCC[C@@]2(C)[C@@H](O)C1. The van der Waals surface area contributed by atoms with E-state index in [2.05, 4.69) is 26.8 Å². The van der Waals surface area contributed by atoms with Crippen molar-refractivity contribution in [1.29, 1.82) is 0 Å². The maximum Gasteiger partial charge on any atom is 0.0636 e. The van der Waals surface area contributed by atoms with Gasteiger partial charge < -0.3 is 5.11 Å². The second-order valence-electron chi connectivity index (χ2n) is 6.10. The molecule has 0 aliphatic heterocycles. The highest BCUT2D eigenvalue weighted by molar-refractivity contribution is 5.23. The van der Waals surface area contributed by atoms with E-state index < -0.39 is 0 Å². The molecule has 1 saturated carbocycles. The first-order valence-corrected chi connectivity index (χ1v) is 5.82. The fourth-order valence-corrected chi connectivity index (χ4v) is 3.13. The van der Waals surface area contributed by atoms with Gasteiger partial charge in [0.2, 0.25) is 0 Å². The highest BCUT2D eigenvalue weighted by atomic mass is 16.3. The number of rotatable bonds is 0. The van der Waals surface area contributed by atoms with Crippen molar-refractivity contribution in [3.05, 3.63) is 11.6 Å². The van der Waals surface area contributed by atoms with E-state index in [9.17, 15) is 5.11 Å². The van der Waals surface area contributed by atoms with E-state index in [1.807, 2.05) is 0 Å². The molecule has 0 aromatic carbocycles. The Balaban J connectivity index is 2.31. The lowest BCUT2D eigenvalue weighted by molar-refractivity contribution is -0.0138. The standard InChI is InChI=1S/C13H22O/c1-12(2)8-10-6-4-5-7-13(10,3)11(14)9-12/h6,11,14H,4-5,7-9H2,1-3H3/t11-,13+/m0/s1. The van der Waals surface area contributed by atoms with Crippen molar-refractivity contribution in [2.24, 2.45) is 10.8 Å². The van der Waals surface area contributed by atoms with E-state index in [0.29, 0.717) is 5.41 Å². The van der Waals surface area contributed by atoms with Gasteiger partial charge in [-0.3, -0.25) is 0 Å². The third kappa shape index (κ3) is 1.52. The summed E-state index contributed by atoms with van der Waals surface area (Å²) in [7, 11) is 0. The predicted molar refractivity (Wildman–Crippen MR) is 59.1 cm³/mol. The Morgan fingerprint density at radius 3 is 2.79 bits per heavy atom. The molecular weight excluding hydrogens is 172 g/mol. The van der Waals surface area contributed by atoms with Gasteiger partial charge in [-0.05, 0) is 37.5 Å². The molecule has 0 aromatic heterocycles. The fraction of sp³-hybridized carbons (Fsp3) is 0.846. The summed E-state index contributed by atoms with van der Waals surface area (Å²) >= 11 is 0. The van der Waals surface area contributed by atoms with E-state index in [1.165, 1.54) is 31.3 Å². The zero-order chi connectivity index (χ0) is 10.4. The minimum Gasteiger partial charge on any atom is -0.392 e. The van der Waals surface area contributed by atoms with Crippen LogP contribution in [-0.2, 0) is 0 Å². The normalized spacial score (nSPS) is 41.4. The summed E-state index contributed by atoms with van der Waals surface area (Å²) in [4.78, 5) is 0. The molecule has 0 unspecified atom stereocenters. The van der Waals surface area contributed by atoms with E-state index >= 15 is 0 Å². The second kappa shape index (κ2) is 3.10. The van der Waals surface area contributed by atoms with Gasteiger partial charge in [0, 0.05) is 5.41 Å². The Hall–Kier alpha value is -0.300. The molecule has 2 aliphatic carbocycles. The van der Waals surface area contributed by atoms with Gasteiger partial charge in [0.25, 0.3) is 0 Å². The van der Waals surface area contributed by atoms with Crippen LogP contribution in [0.2, 0.25) is 0 Å². The minimum atomic E-state index is -0.127. The van der Waals surface area contributed by atoms with Gasteiger partial charge in [0.15, 0.2) is 0 Å². The summed E-state index contributed by atoms with van der Waals surface area (Å²) in [5.74, 6) is 0. The first-order chi connectivity index (χ1) is 6.44. The van der Waals surface area contributed by atoms with E-state index in [4.69, 9.17) is 0 Å². The smallest absolute Gasteiger partial charge is 0.0636 e. The highest BCUT2D eigenvalue weighted by Gasteiger charge is 2.45. The molecule has 0 spiro atoms. The molecular formula is C13H22O. The monoisotopic (exact) mass is 194 g/mol. The summed E-state index contributed by atoms with van der Waals surface area (Å²) in [6.45, 7) is 6.79. The summed E-state index contributed by atoms with van der Waals surface area (Å²) in [6.07, 6.45) is 8.04. The summed E-state index contributed by atoms with van der Waals surface area (Å²) in [5.41, 5.74) is 1.92. The zero-order valence-electron chi connectivity index (χ0n) is 9.64. The average Bonchev–Trinajstić information content (AvgIpc) is 2.06. The molecule has 1 nitrogen and oxygen atoms in total. The Morgan fingerprint density at radius 2 is 2.07 bits per heavy atom. The van der Waals surface area contributed by atoms with Crippen LogP contribution in [-0.4, -0.2) is 11.2 Å². The van der Waals surface area contributed by atoms with Gasteiger partial charge in [-0.2, -0.15) is 0 Å². The largest absolute Gasteiger partial charge is 0.392 e. The summed E-state index contributed by atoms with van der Waals surface area (Å²) in [5, 5.41) is 10.3. The third-order valence-corrected chi connectivity index (χ3v) is 4.17. The lowest BCUT2D eigenvalue weighted by atomic mass is 9.58. The molecule has 80 valence electrons. The van der Waals surface area contributed by atoms with Gasteiger partial charge in [-0.1, -0.05) is 32.4 Å². The first-order valence-electron chi connectivity index (χ1n) is 5.82. The van der Waals surface area contributed by atoms with Crippen molar-refractivity contribution in [3.8, 4) is 0 Å². The lowest BCUT2D eigenvalue weighted by Crippen LogP contribution is -2.44. The van der Waals surface area contributed by atoms with Crippen LogP contribution in [0.4, 0.5) is 0 Å². The molecule has 0 aromatic rings. The average molecular weight is 194 g/mol. The van der Waals surface area contributed by atoms with Crippen LogP contribution in [0.3, 0.4) is 0 Å². The molecule has 0 amide bonds.